The largest absolute Gasteiger partial charge is 0.435 e. The number of thiocarbonyl (C=S) groups is 1. The van der Waals surface area contributed by atoms with Gasteiger partial charge in [-0.05, 0) is 67.0 Å². The average molecular weight is 363 g/mol. The zero-order valence-electron chi connectivity index (χ0n) is 13.9. The Labute approximate surface area is 150 Å². The quantitative estimate of drug-likeness (QED) is 0.526. The Morgan fingerprint density at radius 3 is 2.20 bits per heavy atom. The van der Waals surface area contributed by atoms with Gasteiger partial charge in [0.05, 0.1) is 5.70 Å². The molecule has 25 heavy (non-hydrogen) atoms. The molecule has 0 saturated heterocycles. The Bertz CT molecular complexity index is 743. The first kappa shape index (κ1) is 18.7. The van der Waals surface area contributed by atoms with Crippen molar-refractivity contribution in [3.05, 3.63) is 65.7 Å². The van der Waals surface area contributed by atoms with Crippen LogP contribution >= 0.6 is 12.2 Å². The summed E-state index contributed by atoms with van der Waals surface area (Å²) in [6.07, 6.45) is 0. The van der Waals surface area contributed by atoms with Crippen LogP contribution in [0, 0.1) is 13.8 Å². The van der Waals surface area contributed by atoms with Crippen molar-refractivity contribution in [3.8, 4) is 5.75 Å². The number of hydrogen-bond acceptors (Lipinski definition) is 3. The number of benzene rings is 2. The Hall–Kier alpha value is -2.67. The average Bonchev–Trinajstić information content (AvgIpc) is 2.56. The summed E-state index contributed by atoms with van der Waals surface area (Å²) < 4.78 is 28.6. The number of hydrogen-bond donors (Lipinski definition) is 3. The molecule has 0 aliphatic heterocycles. The minimum Gasteiger partial charge on any atom is -0.435 e. The maximum atomic E-state index is 12.1. The van der Waals surface area contributed by atoms with Crippen LogP contribution in [0.3, 0.4) is 0 Å². The Morgan fingerprint density at radius 1 is 1.04 bits per heavy atom. The van der Waals surface area contributed by atoms with Crippen LogP contribution in [0.25, 0.3) is 5.70 Å². The molecule has 3 N–H and O–H groups in total. The number of halogens is 2. The van der Waals surface area contributed by atoms with Gasteiger partial charge in [-0.2, -0.15) is 8.78 Å². The number of para-hydroxylation sites is 1. The highest BCUT2D eigenvalue weighted by atomic mass is 32.1. The molecule has 0 heterocycles. The lowest BCUT2D eigenvalue weighted by molar-refractivity contribution is -0.0498. The van der Waals surface area contributed by atoms with Crippen LogP contribution in [0.1, 0.15) is 16.7 Å². The van der Waals surface area contributed by atoms with Gasteiger partial charge >= 0.3 is 6.61 Å². The van der Waals surface area contributed by atoms with Crippen molar-refractivity contribution in [1.82, 2.24) is 10.9 Å². The topological polar surface area (TPSA) is 45.3 Å². The zero-order valence-corrected chi connectivity index (χ0v) is 14.7. The molecule has 7 heteroatoms. The first-order valence-electron chi connectivity index (χ1n) is 7.50. The summed E-state index contributed by atoms with van der Waals surface area (Å²) in [5.74, 6) is 0.0896. The van der Waals surface area contributed by atoms with Gasteiger partial charge in [0.25, 0.3) is 0 Å². The van der Waals surface area contributed by atoms with E-state index >= 15 is 0 Å². The minimum atomic E-state index is -2.85. The highest BCUT2D eigenvalue weighted by molar-refractivity contribution is 7.80. The van der Waals surface area contributed by atoms with E-state index < -0.39 is 6.61 Å². The summed E-state index contributed by atoms with van der Waals surface area (Å²) in [4.78, 5) is 0. The van der Waals surface area contributed by atoms with E-state index in [1.165, 1.54) is 12.1 Å². The molecule has 0 aromatic heterocycles. The lowest BCUT2D eigenvalue weighted by Crippen LogP contribution is -2.39. The molecule has 2 aromatic carbocycles. The fraction of sp³-hybridized carbons (Fsp3) is 0.167. The van der Waals surface area contributed by atoms with Crippen molar-refractivity contribution in [2.24, 2.45) is 0 Å². The van der Waals surface area contributed by atoms with Crippen molar-refractivity contribution in [2.45, 2.75) is 20.5 Å². The predicted molar refractivity (Wildman–Crippen MR) is 101 cm³/mol. The second-order valence-electron chi connectivity index (χ2n) is 5.35. The lowest BCUT2D eigenvalue weighted by atomic mass is 10.1. The number of nitrogens with one attached hydrogen (secondary N) is 3. The monoisotopic (exact) mass is 363 g/mol. The fourth-order valence-electron chi connectivity index (χ4n) is 2.20. The van der Waals surface area contributed by atoms with E-state index in [9.17, 15) is 8.78 Å². The van der Waals surface area contributed by atoms with E-state index in [-0.39, 0.29) is 5.75 Å². The standard InChI is InChI=1S/C18H19F2N3OS/c1-11-5-4-6-12(2)16(11)21-18(25)23-22-13(3)14-7-9-15(10-8-14)24-17(19)20/h4-10,17,22H,3H2,1-2H3,(H2,21,23,25). The van der Waals surface area contributed by atoms with Crippen LogP contribution in [-0.4, -0.2) is 11.7 Å². The van der Waals surface area contributed by atoms with Gasteiger partial charge in [-0.15, -0.1) is 0 Å². The Balaban J connectivity index is 1.90. The molecule has 0 radical (unpaired) electrons. The molecule has 0 atom stereocenters. The molecule has 0 spiro atoms. The summed E-state index contributed by atoms with van der Waals surface area (Å²) in [7, 11) is 0. The van der Waals surface area contributed by atoms with E-state index in [1.54, 1.807) is 12.1 Å². The summed E-state index contributed by atoms with van der Waals surface area (Å²) >= 11 is 5.26. The molecule has 0 aliphatic carbocycles. The number of rotatable bonds is 6. The van der Waals surface area contributed by atoms with Crippen molar-refractivity contribution >= 4 is 28.7 Å². The second kappa shape index (κ2) is 8.43. The molecule has 4 nitrogen and oxygen atoms in total. The third kappa shape index (κ3) is 5.42. The third-order valence-corrected chi connectivity index (χ3v) is 3.68. The van der Waals surface area contributed by atoms with Gasteiger partial charge in [-0.1, -0.05) is 24.8 Å². The van der Waals surface area contributed by atoms with E-state index in [2.05, 4.69) is 27.5 Å². The van der Waals surface area contributed by atoms with Gasteiger partial charge in [0.15, 0.2) is 5.11 Å². The summed E-state index contributed by atoms with van der Waals surface area (Å²) in [5.41, 5.74) is 10.1. The number of aryl methyl sites for hydroxylation is 2. The highest BCUT2D eigenvalue weighted by Crippen LogP contribution is 2.19. The van der Waals surface area contributed by atoms with Gasteiger partial charge in [0.1, 0.15) is 5.75 Å². The molecular formula is C18H19F2N3OS. The third-order valence-electron chi connectivity index (χ3n) is 3.47. The molecule has 0 amide bonds. The molecule has 0 fully saturated rings. The van der Waals surface area contributed by atoms with Crippen molar-refractivity contribution < 1.29 is 13.5 Å². The van der Waals surface area contributed by atoms with E-state index in [4.69, 9.17) is 12.2 Å². The van der Waals surface area contributed by atoms with E-state index in [0.29, 0.717) is 16.4 Å². The maximum Gasteiger partial charge on any atom is 0.387 e. The number of ether oxygens (including phenoxy) is 1. The molecule has 0 bridgehead atoms. The van der Waals surface area contributed by atoms with Gasteiger partial charge in [-0.3, -0.25) is 10.9 Å². The van der Waals surface area contributed by atoms with Gasteiger partial charge in [0.2, 0.25) is 0 Å². The van der Waals surface area contributed by atoms with Crippen LogP contribution < -0.4 is 20.9 Å². The summed E-state index contributed by atoms with van der Waals surface area (Å²) in [6, 6.07) is 12.1. The minimum absolute atomic E-state index is 0.0896. The number of anilines is 1. The predicted octanol–water partition coefficient (Wildman–Crippen LogP) is 4.37. The molecular weight excluding hydrogens is 344 g/mol. The second-order valence-corrected chi connectivity index (χ2v) is 5.76. The SMILES string of the molecule is C=C(NNC(=S)Nc1c(C)cccc1C)c1ccc(OC(F)F)cc1. The zero-order chi connectivity index (χ0) is 18.4. The van der Waals surface area contributed by atoms with Crippen molar-refractivity contribution in [1.29, 1.82) is 0 Å². The Morgan fingerprint density at radius 2 is 1.64 bits per heavy atom. The first-order chi connectivity index (χ1) is 11.9. The molecule has 2 aromatic rings. The molecule has 0 saturated carbocycles. The van der Waals surface area contributed by atoms with Gasteiger partial charge in [0, 0.05) is 5.69 Å². The molecule has 132 valence electrons. The first-order valence-corrected chi connectivity index (χ1v) is 7.91. The van der Waals surface area contributed by atoms with Crippen LogP contribution in [0.15, 0.2) is 49.0 Å². The summed E-state index contributed by atoms with van der Waals surface area (Å²) in [5, 5.41) is 3.51. The molecule has 0 unspecified atom stereocenters. The van der Waals surface area contributed by atoms with Crippen LogP contribution in [0.2, 0.25) is 0 Å². The van der Waals surface area contributed by atoms with Crippen molar-refractivity contribution in [2.75, 3.05) is 5.32 Å². The Kier molecular flexibility index (Phi) is 6.30. The van der Waals surface area contributed by atoms with Gasteiger partial charge in [-0.25, -0.2) is 0 Å². The van der Waals surface area contributed by atoms with Crippen LogP contribution in [-0.2, 0) is 0 Å². The van der Waals surface area contributed by atoms with Crippen molar-refractivity contribution in [3.63, 3.8) is 0 Å². The molecule has 2 rings (SSSR count). The van der Waals surface area contributed by atoms with Gasteiger partial charge < -0.3 is 10.1 Å². The fourth-order valence-corrected chi connectivity index (χ4v) is 2.35. The normalized spacial score (nSPS) is 10.3. The number of hydrazine groups is 1. The van der Waals surface area contributed by atoms with Crippen LogP contribution in [0.5, 0.6) is 5.75 Å². The highest BCUT2D eigenvalue weighted by Gasteiger charge is 2.06. The molecule has 0 aliphatic rings. The van der Waals surface area contributed by atoms with E-state index in [0.717, 1.165) is 16.8 Å². The van der Waals surface area contributed by atoms with E-state index in [1.807, 2.05) is 32.0 Å². The lowest BCUT2D eigenvalue weighted by Gasteiger charge is -2.17. The van der Waals surface area contributed by atoms with Crippen LogP contribution in [0.4, 0.5) is 14.5 Å². The smallest absolute Gasteiger partial charge is 0.387 e. The summed E-state index contributed by atoms with van der Waals surface area (Å²) in [6.45, 7) is 5.02. The number of alkyl halides is 2. The maximum absolute atomic E-state index is 12.1.